The Bertz CT molecular complexity index is 475. The van der Waals surface area contributed by atoms with Crippen molar-refractivity contribution in [2.45, 2.75) is 0 Å². The van der Waals surface area contributed by atoms with Gasteiger partial charge in [-0.05, 0) is 19.2 Å². The third-order valence-corrected chi connectivity index (χ3v) is 2.08. The second-order valence-electron chi connectivity index (χ2n) is 3.05. The minimum atomic E-state index is -1.11. The molecule has 0 aromatic heterocycles. The number of carboxylic acids is 1. The van der Waals surface area contributed by atoms with Gasteiger partial charge >= 0.3 is 5.97 Å². The lowest BCUT2D eigenvalue weighted by Crippen LogP contribution is -2.06. The van der Waals surface area contributed by atoms with Crippen LogP contribution in [0, 0.1) is 11.8 Å². The predicted molar refractivity (Wildman–Crippen MR) is 63.6 cm³/mol. The van der Waals surface area contributed by atoms with Crippen molar-refractivity contribution in [3.05, 3.63) is 28.3 Å². The summed E-state index contributed by atoms with van der Waals surface area (Å²) in [7, 11) is 1.76. The third-order valence-electron chi connectivity index (χ3n) is 1.86. The van der Waals surface area contributed by atoms with Gasteiger partial charge in [0.1, 0.15) is 0 Å². The van der Waals surface area contributed by atoms with Crippen molar-refractivity contribution in [1.29, 1.82) is 0 Å². The predicted octanol–water partition coefficient (Wildman–Crippen LogP) is 1.19. The first-order valence-corrected chi connectivity index (χ1v) is 4.90. The molecule has 0 saturated heterocycles. The maximum Gasteiger partial charge on any atom is 0.337 e. The molecule has 1 aromatic rings. The Morgan fingerprint density at radius 3 is 2.88 bits per heavy atom. The van der Waals surface area contributed by atoms with Crippen LogP contribution in [0.15, 0.2) is 12.1 Å². The highest BCUT2D eigenvalue weighted by Gasteiger charge is 2.11. The molecule has 0 saturated carbocycles. The number of benzene rings is 1. The minimum Gasteiger partial charge on any atom is -0.478 e. The van der Waals surface area contributed by atoms with Gasteiger partial charge in [0, 0.05) is 10.6 Å². The fourth-order valence-electron chi connectivity index (χ4n) is 1.13. The zero-order chi connectivity index (χ0) is 12.1. The standard InChI is InChI=1S/C11H11ClN2O2/c1-14-4-2-3-7-5-8(12)6-9(10(7)13)11(15)16/h5-6,14H,4,13H2,1H3,(H,15,16). The maximum atomic E-state index is 10.9. The van der Waals surface area contributed by atoms with Crippen molar-refractivity contribution in [3.63, 3.8) is 0 Å². The summed E-state index contributed by atoms with van der Waals surface area (Å²) >= 11 is 5.78. The molecule has 0 radical (unpaired) electrons. The number of anilines is 1. The van der Waals surface area contributed by atoms with Gasteiger partial charge in [-0.1, -0.05) is 23.4 Å². The van der Waals surface area contributed by atoms with E-state index < -0.39 is 5.97 Å². The number of nitrogens with two attached hydrogens (primary N) is 1. The second kappa shape index (κ2) is 5.40. The van der Waals surface area contributed by atoms with E-state index in [-0.39, 0.29) is 11.3 Å². The van der Waals surface area contributed by atoms with Gasteiger partial charge in [0.2, 0.25) is 0 Å². The van der Waals surface area contributed by atoms with Crippen LogP contribution in [0.3, 0.4) is 0 Å². The number of carboxylic acid groups (broad SMARTS) is 1. The number of hydrogen-bond donors (Lipinski definition) is 3. The molecule has 0 aliphatic heterocycles. The average molecular weight is 239 g/mol. The van der Waals surface area contributed by atoms with E-state index in [1.54, 1.807) is 13.1 Å². The first-order valence-electron chi connectivity index (χ1n) is 4.52. The molecule has 0 heterocycles. The van der Waals surface area contributed by atoms with Gasteiger partial charge in [0.05, 0.1) is 17.8 Å². The van der Waals surface area contributed by atoms with E-state index in [4.69, 9.17) is 22.4 Å². The summed E-state index contributed by atoms with van der Waals surface area (Å²) in [6.45, 7) is 0.494. The van der Waals surface area contributed by atoms with Crippen LogP contribution in [0.1, 0.15) is 15.9 Å². The minimum absolute atomic E-state index is 0.0266. The van der Waals surface area contributed by atoms with Crippen molar-refractivity contribution in [2.24, 2.45) is 0 Å². The van der Waals surface area contributed by atoms with Gasteiger partial charge in [-0.3, -0.25) is 0 Å². The largest absolute Gasteiger partial charge is 0.478 e. The van der Waals surface area contributed by atoms with Gasteiger partial charge < -0.3 is 16.2 Å². The summed E-state index contributed by atoms with van der Waals surface area (Å²) in [6.07, 6.45) is 0. The Labute approximate surface area is 98.4 Å². The molecule has 0 atom stereocenters. The van der Waals surface area contributed by atoms with Gasteiger partial charge in [-0.2, -0.15) is 0 Å². The first-order chi connectivity index (χ1) is 7.56. The molecule has 4 N–H and O–H groups in total. The highest BCUT2D eigenvalue weighted by Crippen LogP contribution is 2.22. The van der Waals surface area contributed by atoms with Gasteiger partial charge in [0.15, 0.2) is 0 Å². The maximum absolute atomic E-state index is 10.9. The Kier molecular flexibility index (Phi) is 4.18. The lowest BCUT2D eigenvalue weighted by molar-refractivity contribution is 0.0698. The number of nitrogen functional groups attached to an aromatic ring is 1. The smallest absolute Gasteiger partial charge is 0.337 e. The Morgan fingerprint density at radius 2 is 2.31 bits per heavy atom. The SMILES string of the molecule is CNCC#Cc1cc(Cl)cc(C(=O)O)c1N. The lowest BCUT2D eigenvalue weighted by atomic mass is 10.1. The van der Waals surface area contributed by atoms with Gasteiger partial charge in [0.25, 0.3) is 0 Å². The van der Waals surface area contributed by atoms with Crippen LogP contribution in [-0.4, -0.2) is 24.7 Å². The molecule has 1 rings (SSSR count). The van der Waals surface area contributed by atoms with Crippen molar-refractivity contribution in [1.82, 2.24) is 5.32 Å². The highest BCUT2D eigenvalue weighted by atomic mass is 35.5. The van der Waals surface area contributed by atoms with Crippen LogP contribution >= 0.6 is 11.6 Å². The van der Waals surface area contributed by atoms with Gasteiger partial charge in [-0.25, -0.2) is 4.79 Å². The summed E-state index contributed by atoms with van der Waals surface area (Å²) in [5.41, 5.74) is 6.22. The summed E-state index contributed by atoms with van der Waals surface area (Å²) in [5, 5.41) is 12.0. The number of rotatable bonds is 2. The molecule has 1 aromatic carbocycles. The Balaban J connectivity index is 3.21. The monoisotopic (exact) mass is 238 g/mol. The first kappa shape index (κ1) is 12.4. The molecule has 0 aliphatic carbocycles. The Hall–Kier alpha value is -1.70. The molecular weight excluding hydrogens is 228 g/mol. The van der Waals surface area contributed by atoms with E-state index in [0.29, 0.717) is 17.1 Å². The summed E-state index contributed by atoms with van der Waals surface area (Å²) < 4.78 is 0. The molecule has 0 bridgehead atoms. The molecule has 84 valence electrons. The van der Waals surface area contributed by atoms with Crippen molar-refractivity contribution < 1.29 is 9.90 Å². The van der Waals surface area contributed by atoms with E-state index in [0.717, 1.165) is 0 Å². The van der Waals surface area contributed by atoms with Crippen molar-refractivity contribution >= 4 is 23.3 Å². The molecule has 0 spiro atoms. The topological polar surface area (TPSA) is 75.3 Å². The zero-order valence-corrected chi connectivity index (χ0v) is 9.43. The van der Waals surface area contributed by atoms with Crippen molar-refractivity contribution in [2.75, 3.05) is 19.3 Å². The van der Waals surface area contributed by atoms with Crippen LogP contribution in [0.2, 0.25) is 5.02 Å². The summed E-state index contributed by atoms with van der Waals surface area (Å²) in [5.74, 6) is 4.44. The summed E-state index contributed by atoms with van der Waals surface area (Å²) in [6, 6.07) is 2.86. The zero-order valence-electron chi connectivity index (χ0n) is 8.67. The Morgan fingerprint density at radius 1 is 1.62 bits per heavy atom. The second-order valence-corrected chi connectivity index (χ2v) is 3.49. The van der Waals surface area contributed by atoms with Crippen LogP contribution in [0.4, 0.5) is 5.69 Å². The van der Waals surface area contributed by atoms with Gasteiger partial charge in [-0.15, -0.1) is 0 Å². The van der Waals surface area contributed by atoms with E-state index in [9.17, 15) is 4.79 Å². The van der Waals surface area contributed by atoms with Crippen LogP contribution in [-0.2, 0) is 0 Å². The quantitative estimate of drug-likeness (QED) is 0.535. The summed E-state index contributed by atoms with van der Waals surface area (Å²) in [4.78, 5) is 10.9. The van der Waals surface area contributed by atoms with E-state index in [2.05, 4.69) is 17.2 Å². The number of nitrogens with one attached hydrogen (secondary N) is 1. The highest BCUT2D eigenvalue weighted by molar-refractivity contribution is 6.31. The fourth-order valence-corrected chi connectivity index (χ4v) is 1.34. The number of hydrogen-bond acceptors (Lipinski definition) is 3. The molecule has 0 aliphatic rings. The average Bonchev–Trinajstić information content (AvgIpc) is 2.22. The normalized spacial score (nSPS) is 9.38. The number of halogens is 1. The van der Waals surface area contributed by atoms with Crippen LogP contribution in [0.5, 0.6) is 0 Å². The molecule has 16 heavy (non-hydrogen) atoms. The fraction of sp³-hybridized carbons (Fsp3) is 0.182. The number of aromatic carboxylic acids is 1. The molecular formula is C11H11ClN2O2. The number of carbonyl (C=O) groups is 1. The lowest BCUT2D eigenvalue weighted by Gasteiger charge is -2.04. The van der Waals surface area contributed by atoms with E-state index in [1.807, 2.05) is 0 Å². The van der Waals surface area contributed by atoms with Crippen molar-refractivity contribution in [3.8, 4) is 11.8 Å². The van der Waals surface area contributed by atoms with Crippen LogP contribution < -0.4 is 11.1 Å². The van der Waals surface area contributed by atoms with E-state index in [1.165, 1.54) is 6.07 Å². The van der Waals surface area contributed by atoms with Crippen LogP contribution in [0.25, 0.3) is 0 Å². The molecule has 0 unspecified atom stereocenters. The molecule has 0 fully saturated rings. The van der Waals surface area contributed by atoms with E-state index >= 15 is 0 Å². The molecule has 4 nitrogen and oxygen atoms in total. The third kappa shape index (κ3) is 2.89. The molecule has 5 heteroatoms. The molecule has 0 amide bonds.